The fraction of sp³-hybridized carbons (Fsp3) is 0.222. The lowest BCUT2D eigenvalue weighted by Crippen LogP contribution is -2.21. The maximum absolute atomic E-state index is 4.71. The Balaban J connectivity index is 2.29. The number of thiocarbonyl (C=S) groups is 1. The molecule has 0 aromatic heterocycles. The number of hydrogen-bond donors (Lipinski definition) is 1. The first-order chi connectivity index (χ1) is 5.79. The lowest BCUT2D eigenvalue weighted by atomic mass is 10.2. The summed E-state index contributed by atoms with van der Waals surface area (Å²) in [6.45, 7) is 0.826. The molecule has 0 bridgehead atoms. The third-order valence-electron chi connectivity index (χ3n) is 1.53. The second-order valence-electron chi connectivity index (χ2n) is 2.45. The van der Waals surface area contributed by atoms with E-state index in [9.17, 15) is 0 Å². The molecule has 0 spiro atoms. The molecular weight excluding hydrogens is 186 g/mol. The second-order valence-corrected chi connectivity index (χ2v) is 3.52. The molecule has 1 rings (SSSR count). The lowest BCUT2D eigenvalue weighted by Gasteiger charge is -2.08. The van der Waals surface area contributed by atoms with Crippen molar-refractivity contribution in [3.8, 4) is 0 Å². The molecule has 0 radical (unpaired) electrons. The van der Waals surface area contributed by atoms with Crippen molar-refractivity contribution in [1.82, 2.24) is 5.32 Å². The minimum Gasteiger partial charge on any atom is -0.412 e. The Morgan fingerprint density at radius 2 is 2.00 bits per heavy atom. The third kappa shape index (κ3) is 3.64. The predicted molar refractivity (Wildman–Crippen MR) is 58.1 cm³/mol. The van der Waals surface area contributed by atoms with E-state index in [0.29, 0.717) is 4.32 Å². The quantitative estimate of drug-likeness (QED) is 0.583. The molecule has 0 aliphatic carbocycles. The van der Waals surface area contributed by atoms with Crippen LogP contribution in [0.25, 0.3) is 0 Å². The highest BCUT2D eigenvalue weighted by Crippen LogP contribution is 1.97. The van der Waals surface area contributed by atoms with E-state index >= 15 is 0 Å². The fourth-order valence-corrected chi connectivity index (χ4v) is 1.16. The molecule has 12 heavy (non-hydrogen) atoms. The summed E-state index contributed by atoms with van der Waals surface area (Å²) >= 11 is 9.43. The number of benzene rings is 1. The molecule has 0 atom stereocenters. The minimum absolute atomic E-state index is 0.450. The zero-order valence-corrected chi connectivity index (χ0v) is 8.25. The van der Waals surface area contributed by atoms with Gasteiger partial charge < -0.3 is 30.2 Å². The van der Waals surface area contributed by atoms with Gasteiger partial charge in [-0.3, -0.25) is 0 Å². The molecule has 1 aromatic rings. The van der Waals surface area contributed by atoms with E-state index < -0.39 is 0 Å². The van der Waals surface area contributed by atoms with Crippen LogP contribution in [0.15, 0.2) is 30.3 Å². The average Bonchev–Trinajstić information content (AvgIpc) is 2.05. The van der Waals surface area contributed by atoms with Crippen LogP contribution in [0.4, 0.5) is 0 Å². The van der Waals surface area contributed by atoms with E-state index in [4.69, 9.17) is 24.8 Å². The smallest absolute Gasteiger partial charge is 0.0172 e. The van der Waals surface area contributed by atoms with Gasteiger partial charge in [-0.05, 0) is 12.0 Å². The summed E-state index contributed by atoms with van der Waals surface area (Å²) in [6.07, 6.45) is 0.970. The van der Waals surface area contributed by atoms with Crippen LogP contribution in [-0.4, -0.2) is 10.9 Å². The van der Waals surface area contributed by atoms with E-state index in [1.54, 1.807) is 0 Å². The summed E-state index contributed by atoms with van der Waals surface area (Å²) in [5, 5.41) is 2.94. The van der Waals surface area contributed by atoms with Crippen LogP contribution in [0.1, 0.15) is 5.56 Å². The van der Waals surface area contributed by atoms with Gasteiger partial charge in [-0.15, -0.1) is 0 Å². The Morgan fingerprint density at radius 3 is 2.58 bits per heavy atom. The maximum atomic E-state index is 4.71. The van der Waals surface area contributed by atoms with Gasteiger partial charge >= 0.3 is 0 Å². The van der Waals surface area contributed by atoms with Gasteiger partial charge in [0, 0.05) is 6.54 Å². The van der Waals surface area contributed by atoms with Crippen LogP contribution < -0.4 is 5.32 Å². The molecule has 0 saturated heterocycles. The number of hydrogen-bond acceptors (Lipinski definition) is 2. The average molecular weight is 196 g/mol. The van der Waals surface area contributed by atoms with Crippen LogP contribution in [0.2, 0.25) is 0 Å². The molecule has 3 heteroatoms. The molecule has 0 amide bonds. The molecule has 0 aliphatic heterocycles. The molecule has 0 aliphatic rings. The third-order valence-corrected chi connectivity index (χ3v) is 1.81. The van der Waals surface area contributed by atoms with Crippen LogP contribution >= 0.6 is 12.2 Å². The van der Waals surface area contributed by atoms with E-state index in [-0.39, 0.29) is 0 Å². The zero-order valence-electron chi connectivity index (χ0n) is 6.62. The van der Waals surface area contributed by atoms with E-state index in [0.717, 1.165) is 13.0 Å². The summed E-state index contributed by atoms with van der Waals surface area (Å²) in [5.41, 5.74) is 1.30. The van der Waals surface area contributed by atoms with Crippen molar-refractivity contribution >= 4 is 29.2 Å². The van der Waals surface area contributed by atoms with Crippen LogP contribution in [0.5, 0.6) is 0 Å². The zero-order chi connectivity index (χ0) is 8.81. The lowest BCUT2D eigenvalue weighted by molar-refractivity contribution is 0.883. The van der Waals surface area contributed by atoms with Gasteiger partial charge in [-0.25, -0.2) is 0 Å². The Morgan fingerprint density at radius 1 is 1.33 bits per heavy atom. The van der Waals surface area contributed by atoms with E-state index in [1.165, 1.54) is 5.56 Å². The van der Waals surface area contributed by atoms with Crippen molar-refractivity contribution in [2.75, 3.05) is 6.54 Å². The highest BCUT2D eigenvalue weighted by atomic mass is 32.1. The van der Waals surface area contributed by atoms with E-state index in [1.807, 2.05) is 18.2 Å². The fourth-order valence-electron chi connectivity index (χ4n) is 0.954. The van der Waals surface area contributed by atoms with Gasteiger partial charge in [0.1, 0.15) is 0 Å². The molecule has 1 N–H and O–H groups in total. The maximum Gasteiger partial charge on any atom is 0.0172 e. The highest BCUT2D eigenvalue weighted by Gasteiger charge is 1.88. The van der Waals surface area contributed by atoms with Gasteiger partial charge in [0.25, 0.3) is 0 Å². The summed E-state index contributed by atoms with van der Waals surface area (Å²) < 4.78 is 0.450. The van der Waals surface area contributed by atoms with E-state index in [2.05, 4.69) is 17.4 Å². The molecule has 1 aromatic carbocycles. The summed E-state index contributed by atoms with van der Waals surface area (Å²) in [6, 6.07) is 10.2. The summed E-state index contributed by atoms with van der Waals surface area (Å²) in [7, 11) is 0. The molecule has 64 valence electrons. The second kappa shape index (κ2) is 5.06. The molecule has 0 unspecified atom stereocenters. The summed E-state index contributed by atoms with van der Waals surface area (Å²) in [5.74, 6) is 0. The Labute approximate surface area is 83.6 Å². The molecule has 0 saturated carbocycles. The van der Waals surface area contributed by atoms with Crippen molar-refractivity contribution in [3.63, 3.8) is 0 Å². The van der Waals surface area contributed by atoms with Gasteiger partial charge in [0.05, 0.1) is 0 Å². The largest absolute Gasteiger partial charge is 0.412 e. The van der Waals surface area contributed by atoms with Crippen molar-refractivity contribution in [1.29, 1.82) is 0 Å². The van der Waals surface area contributed by atoms with Crippen LogP contribution in [0.3, 0.4) is 0 Å². The Kier molecular flexibility index (Phi) is 3.97. The van der Waals surface area contributed by atoms with Crippen molar-refractivity contribution < 1.29 is 0 Å². The van der Waals surface area contributed by atoms with Gasteiger partial charge in [-0.1, -0.05) is 34.7 Å². The van der Waals surface area contributed by atoms with Crippen molar-refractivity contribution in [2.45, 2.75) is 6.42 Å². The first-order valence-electron chi connectivity index (χ1n) is 3.78. The predicted octanol–water partition coefficient (Wildman–Crippen LogP) is 1.65. The number of rotatable bonds is 3. The van der Waals surface area contributed by atoms with Gasteiger partial charge in [0.2, 0.25) is 0 Å². The van der Waals surface area contributed by atoms with Gasteiger partial charge in [-0.2, -0.15) is 0 Å². The first-order valence-corrected chi connectivity index (χ1v) is 4.59. The molecule has 0 heterocycles. The summed E-state index contributed by atoms with van der Waals surface area (Å²) in [4.78, 5) is 0. The topological polar surface area (TPSA) is 12.0 Å². The number of nitrogens with one attached hydrogen (secondary N) is 1. The van der Waals surface area contributed by atoms with Crippen molar-refractivity contribution in [3.05, 3.63) is 35.9 Å². The van der Waals surface area contributed by atoms with Gasteiger partial charge in [0.15, 0.2) is 0 Å². The highest BCUT2D eigenvalue weighted by molar-refractivity contribution is 8.00. The molecule has 0 fully saturated rings. The monoisotopic (exact) mass is 196 g/mol. The SMILES string of the molecule is S=C([S-])NCCc1ccccc1. The minimum atomic E-state index is 0.450. The Hall–Kier alpha value is -0.670. The molecular formula is C9H10NS2-. The molecule has 1 nitrogen and oxygen atoms in total. The normalized spacial score (nSPS) is 9.33. The van der Waals surface area contributed by atoms with Crippen LogP contribution in [0, 0.1) is 0 Å². The standard InChI is InChI=1S/C9H11NS2/c11-9(12)10-7-6-8-4-2-1-3-5-8/h1-5H,6-7H2,(H2,10,11,12)/p-1. The Bertz CT molecular complexity index is 246. The first kappa shape index (κ1) is 9.42. The van der Waals surface area contributed by atoms with Crippen molar-refractivity contribution in [2.24, 2.45) is 0 Å². The van der Waals surface area contributed by atoms with Crippen LogP contribution in [-0.2, 0) is 19.0 Å².